The molecule has 0 aliphatic heterocycles. The third-order valence-electron chi connectivity index (χ3n) is 9.66. The Kier molecular flexibility index (Phi) is 11.0. The fraction of sp³-hybridized carbons (Fsp3) is 0.463. The van der Waals surface area contributed by atoms with Crippen molar-refractivity contribution in [1.29, 1.82) is 0 Å². The number of aliphatic hydroxyl groups is 1. The molecule has 1 radical (unpaired) electrons. The molecule has 0 amide bonds. The summed E-state index contributed by atoms with van der Waals surface area (Å²) in [5, 5.41) is 13.0. The standard InChI is InChI=1S/C28H27FN.C13H24O2.Ir/c1-17-12-18(2)14-22(13-17)28-27-21(10-11-30-28)15-25(19(3)20-6-4-5-7-20)26-16-23(29)8-9-24(26)27;1-5-10(6-2)12(14)9-13(15)11(7-3)8-4;/h8-13,15-16,19-20H,4-7H2,1-3H3;9-11,14H,5-8H2,1-4H3;/q-1;;/b;12-9-;/i1D3,2D3;;. The zero-order valence-corrected chi connectivity index (χ0v) is 30.1. The zero-order valence-electron chi connectivity index (χ0n) is 33.7. The van der Waals surface area contributed by atoms with Crippen molar-refractivity contribution in [2.45, 2.75) is 106 Å². The van der Waals surface area contributed by atoms with Crippen LogP contribution in [-0.2, 0) is 24.9 Å². The first-order valence-corrected chi connectivity index (χ1v) is 16.6. The molecule has 3 nitrogen and oxygen atoms in total. The van der Waals surface area contributed by atoms with E-state index in [2.05, 4.69) is 24.0 Å². The van der Waals surface area contributed by atoms with Gasteiger partial charge in [-0.25, -0.2) is 4.39 Å². The molecule has 1 saturated carbocycles. The largest absolute Gasteiger partial charge is 0.512 e. The summed E-state index contributed by atoms with van der Waals surface area (Å²) in [6.07, 6.45) is 11.3. The molecule has 1 atom stereocenters. The normalized spacial score (nSPS) is 16.9. The van der Waals surface area contributed by atoms with E-state index in [1.807, 2.05) is 33.8 Å². The maximum Gasteiger partial charge on any atom is 0.162 e. The summed E-state index contributed by atoms with van der Waals surface area (Å²) >= 11 is 0. The molecule has 1 unspecified atom stereocenters. The van der Waals surface area contributed by atoms with E-state index in [1.54, 1.807) is 18.3 Å². The Hall–Kier alpha value is -2.88. The van der Waals surface area contributed by atoms with Crippen LogP contribution < -0.4 is 0 Å². The van der Waals surface area contributed by atoms with Gasteiger partial charge in [-0.2, -0.15) is 0 Å². The molecule has 1 N–H and O–H groups in total. The van der Waals surface area contributed by atoms with E-state index in [4.69, 9.17) is 8.22 Å². The molecule has 0 spiro atoms. The van der Waals surface area contributed by atoms with Gasteiger partial charge in [0.15, 0.2) is 5.78 Å². The number of benzene rings is 3. The topological polar surface area (TPSA) is 50.2 Å². The van der Waals surface area contributed by atoms with Gasteiger partial charge in [0.05, 0.1) is 5.76 Å². The molecule has 1 aromatic heterocycles. The second-order valence-corrected chi connectivity index (χ2v) is 12.4. The Balaban J connectivity index is 0.000000389. The maximum absolute atomic E-state index is 14.5. The van der Waals surface area contributed by atoms with Gasteiger partial charge in [-0.1, -0.05) is 73.3 Å². The van der Waals surface area contributed by atoms with Crippen molar-refractivity contribution in [3.63, 3.8) is 0 Å². The molecule has 0 bridgehead atoms. The van der Waals surface area contributed by atoms with Gasteiger partial charge in [0, 0.05) is 52.4 Å². The molecule has 0 saturated heterocycles. The number of aryl methyl sites for hydroxylation is 2. The summed E-state index contributed by atoms with van der Waals surface area (Å²) < 4.78 is 61.7. The van der Waals surface area contributed by atoms with Crippen LogP contribution >= 0.6 is 0 Å². The van der Waals surface area contributed by atoms with Crippen molar-refractivity contribution >= 4 is 27.3 Å². The number of fused-ring (bicyclic) bond motifs is 3. The van der Waals surface area contributed by atoms with Crippen LogP contribution in [0.2, 0.25) is 0 Å². The molecule has 5 heteroatoms. The zero-order chi connectivity index (χ0) is 37.7. The Morgan fingerprint density at radius 1 is 1.00 bits per heavy atom. The van der Waals surface area contributed by atoms with Crippen LogP contribution in [0.15, 0.2) is 60.5 Å². The smallest absolute Gasteiger partial charge is 0.162 e. The second kappa shape index (κ2) is 17.3. The van der Waals surface area contributed by atoms with Crippen molar-refractivity contribution in [2.75, 3.05) is 0 Å². The minimum Gasteiger partial charge on any atom is -0.512 e. The molecule has 4 aromatic rings. The van der Waals surface area contributed by atoms with E-state index in [1.165, 1.54) is 37.1 Å². The first-order chi connectivity index (χ1) is 24.0. The Bertz CT molecular complexity index is 1830. The molecular weight excluding hydrogens is 750 g/mol. The summed E-state index contributed by atoms with van der Waals surface area (Å²) in [7, 11) is 0. The number of carbonyl (C=O) groups is 1. The number of carbonyl (C=O) groups excluding carboxylic acids is 1. The third-order valence-corrected chi connectivity index (χ3v) is 9.66. The van der Waals surface area contributed by atoms with E-state index in [9.17, 15) is 14.3 Å². The van der Waals surface area contributed by atoms with Crippen molar-refractivity contribution in [3.05, 3.63) is 89.1 Å². The predicted octanol–water partition coefficient (Wildman–Crippen LogP) is 11.8. The molecule has 46 heavy (non-hydrogen) atoms. The maximum atomic E-state index is 14.5. The van der Waals surface area contributed by atoms with E-state index >= 15 is 0 Å². The van der Waals surface area contributed by atoms with Gasteiger partial charge in [0.1, 0.15) is 5.82 Å². The van der Waals surface area contributed by atoms with Gasteiger partial charge in [0.2, 0.25) is 0 Å². The average molecular weight is 807 g/mol. The van der Waals surface area contributed by atoms with E-state index in [0.29, 0.717) is 17.2 Å². The van der Waals surface area contributed by atoms with Crippen LogP contribution in [0.3, 0.4) is 0 Å². The van der Waals surface area contributed by atoms with Gasteiger partial charge >= 0.3 is 0 Å². The van der Waals surface area contributed by atoms with Crippen LogP contribution in [0.5, 0.6) is 0 Å². The van der Waals surface area contributed by atoms with Gasteiger partial charge in [0.25, 0.3) is 0 Å². The SMILES string of the molecule is CCC(CC)C(=O)/C=C(\O)C(CC)CC.[2H]C([2H])([2H])c1[c-]c(-c2nccc3cc(C(C)C4CCCC4)c4cc(F)ccc4c23)cc(C([2H])([2H])[2H])c1.[Ir]. The molecule has 1 heterocycles. The number of pyridine rings is 1. The number of nitrogens with zero attached hydrogens (tertiary/aromatic N) is 1. The molecule has 3 aromatic carbocycles. The fourth-order valence-electron chi connectivity index (χ4n) is 6.87. The number of aliphatic hydroxyl groups excluding tert-OH is 1. The van der Waals surface area contributed by atoms with Crippen LogP contribution in [-0.4, -0.2) is 15.9 Å². The Morgan fingerprint density at radius 2 is 1.70 bits per heavy atom. The average Bonchev–Trinajstić information content (AvgIpc) is 3.63. The van der Waals surface area contributed by atoms with Gasteiger partial charge in [-0.15, -0.1) is 34.9 Å². The summed E-state index contributed by atoms with van der Waals surface area (Å²) in [6.45, 7) is 5.25. The summed E-state index contributed by atoms with van der Waals surface area (Å²) in [5.74, 6) is 1.02. The molecule has 249 valence electrons. The van der Waals surface area contributed by atoms with Gasteiger partial charge < -0.3 is 10.1 Å². The minimum absolute atomic E-state index is 0. The number of aromatic nitrogens is 1. The first-order valence-electron chi connectivity index (χ1n) is 19.6. The summed E-state index contributed by atoms with van der Waals surface area (Å²) in [4.78, 5) is 16.3. The number of allylic oxidation sites excluding steroid dienone is 2. The Morgan fingerprint density at radius 3 is 2.33 bits per heavy atom. The van der Waals surface area contributed by atoms with Crippen LogP contribution in [0.4, 0.5) is 4.39 Å². The van der Waals surface area contributed by atoms with Crippen LogP contribution in [0, 0.1) is 43.3 Å². The van der Waals surface area contributed by atoms with Gasteiger partial charge in [-0.3, -0.25) is 4.79 Å². The second-order valence-electron chi connectivity index (χ2n) is 12.4. The number of hydrogen-bond donors (Lipinski definition) is 1. The summed E-state index contributed by atoms with van der Waals surface area (Å²) in [6, 6.07) is 14.2. The molecule has 1 aliphatic rings. The van der Waals surface area contributed by atoms with Crippen molar-refractivity contribution < 1.29 is 42.6 Å². The molecule has 1 aliphatic carbocycles. The summed E-state index contributed by atoms with van der Waals surface area (Å²) in [5.41, 5.74) is 1.56. The number of rotatable bonds is 10. The van der Waals surface area contributed by atoms with Crippen molar-refractivity contribution in [2.24, 2.45) is 17.8 Å². The van der Waals surface area contributed by atoms with E-state index in [0.717, 1.165) is 65.6 Å². The van der Waals surface area contributed by atoms with Crippen molar-refractivity contribution in [1.82, 2.24) is 4.98 Å². The number of ketones is 1. The predicted molar refractivity (Wildman–Crippen MR) is 187 cm³/mol. The molecule has 1 fully saturated rings. The van der Waals surface area contributed by atoms with Crippen LogP contribution in [0.1, 0.15) is 117 Å². The molecular formula is C41H51FIrNO2-. The fourth-order valence-corrected chi connectivity index (χ4v) is 6.87. The third kappa shape index (κ3) is 8.72. The quantitative estimate of drug-likeness (QED) is 0.0752. The minimum atomic E-state index is -2.53. The van der Waals surface area contributed by atoms with Crippen molar-refractivity contribution in [3.8, 4) is 11.3 Å². The number of halogens is 1. The number of hydrogen-bond acceptors (Lipinski definition) is 3. The van der Waals surface area contributed by atoms with E-state index < -0.39 is 13.7 Å². The Labute approximate surface area is 297 Å². The van der Waals surface area contributed by atoms with Gasteiger partial charge in [-0.05, 0) is 101 Å². The first kappa shape index (κ1) is 29.3. The monoisotopic (exact) mass is 807 g/mol. The molecule has 5 rings (SSSR count). The van der Waals surface area contributed by atoms with Crippen LogP contribution in [0.25, 0.3) is 32.8 Å². The van der Waals surface area contributed by atoms with E-state index in [-0.39, 0.29) is 66.3 Å².